The van der Waals surface area contributed by atoms with Crippen LogP contribution in [0.25, 0.3) is 11.4 Å². The number of halogens is 1. The Morgan fingerprint density at radius 1 is 1.14 bits per heavy atom. The zero-order valence-electron chi connectivity index (χ0n) is 15.6. The average molecular weight is 380 g/mol. The Bertz CT molecular complexity index is 1000. The standard InChI is InChI=1S/C21H21FN4O2/c1-13(2)20(25-18(27)11-14-3-5-16(22)6-4-14)17-12-19(28)26-21(24-17)15-7-9-23-10-8-15/h3-10,12-13,20H,11H2,1-2H3,(H,25,27)(H,24,26,28)/t20-/m1/s1. The number of nitrogens with one attached hydrogen (secondary N) is 2. The van der Waals surface area contributed by atoms with Crippen LogP contribution in [0, 0.1) is 11.7 Å². The molecule has 1 amide bonds. The van der Waals surface area contributed by atoms with Crippen LogP contribution in [-0.2, 0) is 11.2 Å². The van der Waals surface area contributed by atoms with Crippen molar-refractivity contribution in [3.05, 3.63) is 82.3 Å². The number of aromatic amines is 1. The second-order valence-corrected chi connectivity index (χ2v) is 6.85. The highest BCUT2D eigenvalue weighted by Gasteiger charge is 2.21. The van der Waals surface area contributed by atoms with E-state index in [1.54, 1.807) is 36.7 Å². The Kier molecular flexibility index (Phi) is 5.93. The summed E-state index contributed by atoms with van der Waals surface area (Å²) in [6.07, 6.45) is 3.35. The fraction of sp³-hybridized carbons (Fsp3) is 0.238. The van der Waals surface area contributed by atoms with Crippen LogP contribution < -0.4 is 10.9 Å². The lowest BCUT2D eigenvalue weighted by molar-refractivity contribution is -0.121. The molecule has 0 radical (unpaired) electrons. The molecule has 0 saturated heterocycles. The van der Waals surface area contributed by atoms with E-state index in [4.69, 9.17) is 0 Å². The molecule has 7 heteroatoms. The molecule has 2 N–H and O–H groups in total. The minimum Gasteiger partial charge on any atom is -0.347 e. The van der Waals surface area contributed by atoms with E-state index in [-0.39, 0.29) is 29.6 Å². The number of carbonyl (C=O) groups is 1. The Morgan fingerprint density at radius 3 is 2.46 bits per heavy atom. The molecule has 0 aliphatic rings. The van der Waals surface area contributed by atoms with Gasteiger partial charge in [0.25, 0.3) is 5.56 Å². The summed E-state index contributed by atoms with van der Waals surface area (Å²) in [5.41, 5.74) is 1.63. The van der Waals surface area contributed by atoms with Crippen molar-refractivity contribution >= 4 is 5.91 Å². The molecule has 0 spiro atoms. The van der Waals surface area contributed by atoms with Crippen molar-refractivity contribution in [2.24, 2.45) is 5.92 Å². The summed E-state index contributed by atoms with van der Waals surface area (Å²) in [5, 5.41) is 2.94. The molecular weight excluding hydrogens is 359 g/mol. The molecule has 1 atom stereocenters. The number of carbonyl (C=O) groups excluding carboxylic acids is 1. The van der Waals surface area contributed by atoms with Crippen LogP contribution in [0.3, 0.4) is 0 Å². The number of H-pyrrole nitrogens is 1. The molecule has 0 unspecified atom stereocenters. The highest BCUT2D eigenvalue weighted by molar-refractivity contribution is 5.79. The number of benzene rings is 1. The monoisotopic (exact) mass is 380 g/mol. The van der Waals surface area contributed by atoms with Crippen LogP contribution in [0.1, 0.15) is 31.1 Å². The van der Waals surface area contributed by atoms with Gasteiger partial charge in [-0.25, -0.2) is 9.37 Å². The predicted octanol–water partition coefficient (Wildman–Crippen LogP) is 3.03. The zero-order chi connectivity index (χ0) is 20.1. The van der Waals surface area contributed by atoms with Crippen molar-refractivity contribution in [2.45, 2.75) is 26.3 Å². The highest BCUT2D eigenvalue weighted by atomic mass is 19.1. The van der Waals surface area contributed by atoms with Crippen LogP contribution in [-0.4, -0.2) is 20.9 Å². The van der Waals surface area contributed by atoms with Crippen LogP contribution in [0.5, 0.6) is 0 Å². The third kappa shape index (κ3) is 4.88. The zero-order valence-corrected chi connectivity index (χ0v) is 15.6. The number of hydrogen-bond donors (Lipinski definition) is 2. The lowest BCUT2D eigenvalue weighted by Crippen LogP contribution is -2.34. The van der Waals surface area contributed by atoms with Gasteiger partial charge in [-0.15, -0.1) is 0 Å². The van der Waals surface area contributed by atoms with E-state index in [9.17, 15) is 14.0 Å². The van der Waals surface area contributed by atoms with Gasteiger partial charge < -0.3 is 10.3 Å². The van der Waals surface area contributed by atoms with E-state index in [0.29, 0.717) is 17.1 Å². The Hall–Kier alpha value is -3.35. The molecular formula is C21H21FN4O2. The van der Waals surface area contributed by atoms with Gasteiger partial charge in [0, 0.05) is 24.0 Å². The Morgan fingerprint density at radius 2 is 1.82 bits per heavy atom. The van der Waals surface area contributed by atoms with Crippen LogP contribution in [0.15, 0.2) is 59.7 Å². The number of hydrogen-bond acceptors (Lipinski definition) is 4. The summed E-state index contributed by atoms with van der Waals surface area (Å²) in [7, 11) is 0. The Balaban J connectivity index is 1.84. The van der Waals surface area contributed by atoms with Gasteiger partial charge in [-0.1, -0.05) is 26.0 Å². The maximum atomic E-state index is 13.0. The van der Waals surface area contributed by atoms with Crippen molar-refractivity contribution in [1.29, 1.82) is 0 Å². The molecule has 2 heterocycles. The third-order valence-electron chi connectivity index (χ3n) is 4.29. The minimum absolute atomic E-state index is 0.0109. The van der Waals surface area contributed by atoms with E-state index >= 15 is 0 Å². The maximum Gasteiger partial charge on any atom is 0.251 e. The number of pyridine rings is 1. The smallest absolute Gasteiger partial charge is 0.251 e. The van der Waals surface area contributed by atoms with Gasteiger partial charge in [0.15, 0.2) is 0 Å². The molecule has 0 saturated carbocycles. The molecule has 144 valence electrons. The Labute approximate surface area is 161 Å². The van der Waals surface area contributed by atoms with Gasteiger partial charge in [-0.2, -0.15) is 0 Å². The van der Waals surface area contributed by atoms with Crippen LogP contribution in [0.2, 0.25) is 0 Å². The SMILES string of the molecule is CC(C)[C@@H](NC(=O)Cc1ccc(F)cc1)c1cc(=O)[nH]c(-c2ccncc2)n1. The van der Waals surface area contributed by atoms with Gasteiger partial charge in [-0.05, 0) is 35.7 Å². The number of amides is 1. The van der Waals surface area contributed by atoms with Crippen LogP contribution in [0.4, 0.5) is 4.39 Å². The van der Waals surface area contributed by atoms with Gasteiger partial charge >= 0.3 is 0 Å². The van der Waals surface area contributed by atoms with Gasteiger partial charge in [0.05, 0.1) is 18.2 Å². The molecule has 0 bridgehead atoms. The summed E-state index contributed by atoms with van der Waals surface area (Å²) >= 11 is 0. The topological polar surface area (TPSA) is 87.7 Å². The fourth-order valence-electron chi connectivity index (χ4n) is 2.88. The molecule has 3 aromatic rings. The van der Waals surface area contributed by atoms with Crippen LogP contribution >= 0.6 is 0 Å². The van der Waals surface area contributed by atoms with Gasteiger partial charge in [0.1, 0.15) is 11.6 Å². The first-order chi connectivity index (χ1) is 13.4. The lowest BCUT2D eigenvalue weighted by atomic mass is 9.99. The largest absolute Gasteiger partial charge is 0.347 e. The predicted molar refractivity (Wildman–Crippen MR) is 104 cm³/mol. The lowest BCUT2D eigenvalue weighted by Gasteiger charge is -2.22. The van der Waals surface area contributed by atoms with Crippen molar-refractivity contribution < 1.29 is 9.18 Å². The van der Waals surface area contributed by atoms with E-state index in [2.05, 4.69) is 20.3 Å². The van der Waals surface area contributed by atoms with Crippen molar-refractivity contribution in [2.75, 3.05) is 0 Å². The summed E-state index contributed by atoms with van der Waals surface area (Å²) in [4.78, 5) is 35.9. The number of nitrogens with zero attached hydrogens (tertiary/aromatic N) is 2. The average Bonchev–Trinajstić information content (AvgIpc) is 2.68. The third-order valence-corrected chi connectivity index (χ3v) is 4.29. The second kappa shape index (κ2) is 8.56. The first-order valence-corrected chi connectivity index (χ1v) is 8.98. The number of rotatable bonds is 6. The van der Waals surface area contributed by atoms with Gasteiger partial charge in [-0.3, -0.25) is 14.6 Å². The molecule has 0 aliphatic heterocycles. The molecule has 3 rings (SSSR count). The van der Waals surface area contributed by atoms with Crippen molar-refractivity contribution in [1.82, 2.24) is 20.3 Å². The van der Waals surface area contributed by atoms with Crippen molar-refractivity contribution in [3.8, 4) is 11.4 Å². The molecule has 0 aliphatic carbocycles. The molecule has 28 heavy (non-hydrogen) atoms. The van der Waals surface area contributed by atoms with E-state index < -0.39 is 6.04 Å². The summed E-state index contributed by atoms with van der Waals surface area (Å²) < 4.78 is 13.0. The molecule has 1 aromatic carbocycles. The molecule has 2 aromatic heterocycles. The summed E-state index contributed by atoms with van der Waals surface area (Å²) in [6.45, 7) is 3.88. The maximum absolute atomic E-state index is 13.0. The first kappa shape index (κ1) is 19.4. The van der Waals surface area contributed by atoms with E-state index in [0.717, 1.165) is 5.56 Å². The van der Waals surface area contributed by atoms with Gasteiger partial charge in [0.2, 0.25) is 5.91 Å². The fourth-order valence-corrected chi connectivity index (χ4v) is 2.88. The van der Waals surface area contributed by atoms with E-state index in [1.165, 1.54) is 18.2 Å². The number of aromatic nitrogens is 3. The summed E-state index contributed by atoms with van der Waals surface area (Å²) in [5.74, 6) is -0.140. The van der Waals surface area contributed by atoms with E-state index in [1.807, 2.05) is 13.8 Å². The quantitative estimate of drug-likeness (QED) is 0.688. The highest BCUT2D eigenvalue weighted by Crippen LogP contribution is 2.21. The molecule has 0 fully saturated rings. The minimum atomic E-state index is -0.434. The molecule has 6 nitrogen and oxygen atoms in total. The normalized spacial score (nSPS) is 12.0. The summed E-state index contributed by atoms with van der Waals surface area (Å²) in [6, 6.07) is 10.3. The van der Waals surface area contributed by atoms with Crippen molar-refractivity contribution in [3.63, 3.8) is 0 Å². The second-order valence-electron chi connectivity index (χ2n) is 6.85. The first-order valence-electron chi connectivity index (χ1n) is 8.98.